The Morgan fingerprint density at radius 2 is 1.50 bits per heavy atom. The third kappa shape index (κ3) is 4.82. The van der Waals surface area contributed by atoms with Gasteiger partial charge in [-0.05, 0) is 65.0 Å². The second kappa shape index (κ2) is 9.20. The SMILES string of the molecule is O=C(NC(=S)Nc1ccc(OCc2cccc3ccccc23)cc1)c1ccccc1. The largest absolute Gasteiger partial charge is 0.489 e. The Balaban J connectivity index is 1.34. The first-order valence-electron chi connectivity index (χ1n) is 9.56. The summed E-state index contributed by atoms with van der Waals surface area (Å²) in [6, 6.07) is 30.9. The molecule has 4 aromatic rings. The Morgan fingerprint density at radius 3 is 2.30 bits per heavy atom. The van der Waals surface area contributed by atoms with E-state index in [-0.39, 0.29) is 11.0 Å². The summed E-state index contributed by atoms with van der Waals surface area (Å²) in [5.74, 6) is 0.510. The van der Waals surface area contributed by atoms with Gasteiger partial charge in [-0.15, -0.1) is 0 Å². The number of ether oxygens (including phenoxy) is 1. The molecule has 5 heteroatoms. The maximum absolute atomic E-state index is 12.2. The van der Waals surface area contributed by atoms with Crippen molar-refractivity contribution in [1.29, 1.82) is 0 Å². The van der Waals surface area contributed by atoms with Crippen molar-refractivity contribution in [3.05, 3.63) is 108 Å². The smallest absolute Gasteiger partial charge is 0.257 e. The van der Waals surface area contributed by atoms with E-state index in [1.54, 1.807) is 12.1 Å². The van der Waals surface area contributed by atoms with Crippen LogP contribution in [0, 0.1) is 0 Å². The van der Waals surface area contributed by atoms with Crippen LogP contribution in [0.2, 0.25) is 0 Å². The third-order valence-corrected chi connectivity index (χ3v) is 4.85. The van der Waals surface area contributed by atoms with Crippen molar-refractivity contribution in [2.45, 2.75) is 6.61 Å². The highest BCUT2D eigenvalue weighted by Gasteiger charge is 2.07. The first-order chi connectivity index (χ1) is 14.7. The Bertz CT molecular complexity index is 1170. The summed E-state index contributed by atoms with van der Waals surface area (Å²) in [7, 11) is 0. The summed E-state index contributed by atoms with van der Waals surface area (Å²) in [5, 5.41) is 8.32. The monoisotopic (exact) mass is 412 g/mol. The zero-order chi connectivity index (χ0) is 20.8. The normalized spacial score (nSPS) is 10.4. The average molecular weight is 413 g/mol. The van der Waals surface area contributed by atoms with E-state index in [1.807, 2.05) is 60.7 Å². The number of carbonyl (C=O) groups excluding carboxylic acids is 1. The van der Waals surface area contributed by atoms with Crippen molar-refractivity contribution in [2.75, 3.05) is 5.32 Å². The molecular weight excluding hydrogens is 392 g/mol. The summed E-state index contributed by atoms with van der Waals surface area (Å²) < 4.78 is 5.95. The zero-order valence-corrected chi connectivity index (χ0v) is 17.0. The van der Waals surface area contributed by atoms with Crippen molar-refractivity contribution in [1.82, 2.24) is 5.32 Å². The highest BCUT2D eigenvalue weighted by atomic mass is 32.1. The predicted octanol–water partition coefficient (Wildman–Crippen LogP) is 5.55. The molecule has 0 spiro atoms. The Kier molecular flexibility index (Phi) is 6.01. The predicted molar refractivity (Wildman–Crippen MR) is 125 cm³/mol. The quantitative estimate of drug-likeness (QED) is 0.422. The van der Waals surface area contributed by atoms with Gasteiger partial charge in [-0.2, -0.15) is 0 Å². The summed E-state index contributed by atoms with van der Waals surface area (Å²) in [6.07, 6.45) is 0. The van der Waals surface area contributed by atoms with Gasteiger partial charge in [-0.25, -0.2) is 0 Å². The Labute approximate surface area is 180 Å². The van der Waals surface area contributed by atoms with Crippen LogP contribution < -0.4 is 15.4 Å². The molecule has 0 aliphatic heterocycles. The molecule has 4 aromatic carbocycles. The van der Waals surface area contributed by atoms with Crippen LogP contribution >= 0.6 is 12.2 Å². The van der Waals surface area contributed by atoms with E-state index < -0.39 is 0 Å². The molecule has 0 bridgehead atoms. The Morgan fingerprint density at radius 1 is 0.800 bits per heavy atom. The Hall–Kier alpha value is -3.70. The van der Waals surface area contributed by atoms with Gasteiger partial charge in [0, 0.05) is 11.3 Å². The molecule has 0 fully saturated rings. The molecular formula is C25H20N2O2S. The van der Waals surface area contributed by atoms with Gasteiger partial charge in [0.2, 0.25) is 0 Å². The fraction of sp³-hybridized carbons (Fsp3) is 0.0400. The van der Waals surface area contributed by atoms with Crippen molar-refractivity contribution in [2.24, 2.45) is 0 Å². The number of amides is 1. The summed E-state index contributed by atoms with van der Waals surface area (Å²) in [4.78, 5) is 12.2. The first-order valence-corrected chi connectivity index (χ1v) is 9.97. The number of hydrogen-bond donors (Lipinski definition) is 2. The molecule has 1 amide bonds. The molecule has 148 valence electrons. The molecule has 0 unspecified atom stereocenters. The first kappa shape index (κ1) is 19.6. The molecule has 0 atom stereocenters. The third-order valence-electron chi connectivity index (χ3n) is 4.65. The highest BCUT2D eigenvalue weighted by molar-refractivity contribution is 7.80. The number of hydrogen-bond acceptors (Lipinski definition) is 3. The number of nitrogens with one attached hydrogen (secondary N) is 2. The van der Waals surface area contributed by atoms with Crippen LogP contribution in [0.15, 0.2) is 97.1 Å². The molecule has 0 radical (unpaired) electrons. The lowest BCUT2D eigenvalue weighted by atomic mass is 10.1. The van der Waals surface area contributed by atoms with Gasteiger partial charge in [0.05, 0.1) is 0 Å². The summed E-state index contributed by atoms with van der Waals surface area (Å²) >= 11 is 5.23. The van der Waals surface area contributed by atoms with Gasteiger partial charge in [0.15, 0.2) is 5.11 Å². The van der Waals surface area contributed by atoms with Gasteiger partial charge in [-0.3, -0.25) is 10.1 Å². The highest BCUT2D eigenvalue weighted by Crippen LogP contribution is 2.21. The van der Waals surface area contributed by atoms with Crippen LogP contribution in [-0.2, 0) is 6.61 Å². The topological polar surface area (TPSA) is 50.4 Å². The number of carbonyl (C=O) groups is 1. The maximum Gasteiger partial charge on any atom is 0.257 e. The van der Waals surface area contributed by atoms with Crippen molar-refractivity contribution >= 4 is 39.7 Å². The van der Waals surface area contributed by atoms with E-state index in [1.165, 1.54) is 10.8 Å². The lowest BCUT2D eigenvalue weighted by Crippen LogP contribution is -2.34. The minimum Gasteiger partial charge on any atom is -0.489 e. The fourth-order valence-electron chi connectivity index (χ4n) is 3.14. The minimum absolute atomic E-state index is 0.244. The van der Waals surface area contributed by atoms with Crippen molar-refractivity contribution in [3.8, 4) is 5.75 Å². The van der Waals surface area contributed by atoms with Crippen LogP contribution in [0.5, 0.6) is 5.75 Å². The number of fused-ring (bicyclic) bond motifs is 1. The lowest BCUT2D eigenvalue weighted by molar-refractivity contribution is 0.0977. The average Bonchev–Trinajstić information content (AvgIpc) is 2.79. The van der Waals surface area contributed by atoms with Crippen molar-refractivity contribution < 1.29 is 9.53 Å². The second-order valence-electron chi connectivity index (χ2n) is 6.73. The minimum atomic E-state index is -0.247. The van der Waals surface area contributed by atoms with E-state index >= 15 is 0 Å². The lowest BCUT2D eigenvalue weighted by Gasteiger charge is -2.12. The van der Waals surface area contributed by atoms with Gasteiger partial charge in [0.25, 0.3) is 5.91 Å². The van der Waals surface area contributed by atoms with E-state index in [9.17, 15) is 4.79 Å². The van der Waals surface area contributed by atoms with E-state index in [0.29, 0.717) is 12.2 Å². The van der Waals surface area contributed by atoms with Gasteiger partial charge >= 0.3 is 0 Å². The van der Waals surface area contributed by atoms with E-state index in [4.69, 9.17) is 17.0 Å². The summed E-state index contributed by atoms with van der Waals surface area (Å²) in [6.45, 7) is 0.486. The summed E-state index contributed by atoms with van der Waals surface area (Å²) in [5.41, 5.74) is 2.46. The maximum atomic E-state index is 12.2. The standard InChI is InChI=1S/C25H20N2O2S/c28-24(19-8-2-1-3-9-19)27-25(30)26-21-13-15-22(16-14-21)29-17-20-11-6-10-18-7-4-5-12-23(18)20/h1-16H,17H2,(H2,26,27,28,30). The van der Waals surface area contributed by atoms with Crippen LogP contribution in [0.3, 0.4) is 0 Å². The van der Waals surface area contributed by atoms with Crippen LogP contribution in [0.1, 0.15) is 15.9 Å². The molecule has 4 nitrogen and oxygen atoms in total. The number of benzene rings is 4. The molecule has 0 aliphatic carbocycles. The van der Waals surface area contributed by atoms with Crippen LogP contribution in [0.4, 0.5) is 5.69 Å². The molecule has 4 rings (SSSR count). The van der Waals surface area contributed by atoms with E-state index in [2.05, 4.69) is 34.9 Å². The number of rotatable bonds is 5. The number of thiocarbonyl (C=S) groups is 1. The molecule has 0 saturated carbocycles. The molecule has 0 heterocycles. The molecule has 0 saturated heterocycles. The molecule has 0 aliphatic rings. The van der Waals surface area contributed by atoms with E-state index in [0.717, 1.165) is 17.0 Å². The second-order valence-corrected chi connectivity index (χ2v) is 7.13. The van der Waals surface area contributed by atoms with Gasteiger partial charge in [-0.1, -0.05) is 60.7 Å². The van der Waals surface area contributed by atoms with Gasteiger partial charge < -0.3 is 10.1 Å². The molecule has 2 N–H and O–H groups in total. The van der Waals surface area contributed by atoms with Crippen LogP contribution in [-0.4, -0.2) is 11.0 Å². The van der Waals surface area contributed by atoms with Crippen molar-refractivity contribution in [3.63, 3.8) is 0 Å². The van der Waals surface area contributed by atoms with Crippen LogP contribution in [0.25, 0.3) is 10.8 Å². The molecule has 0 aromatic heterocycles. The number of anilines is 1. The zero-order valence-electron chi connectivity index (χ0n) is 16.2. The van der Waals surface area contributed by atoms with Gasteiger partial charge in [0.1, 0.15) is 12.4 Å². The molecule has 30 heavy (non-hydrogen) atoms. The fourth-order valence-corrected chi connectivity index (χ4v) is 3.35.